The smallest absolute Gasteiger partial charge is 0.328 e. The number of piperidine rings is 1. The summed E-state index contributed by atoms with van der Waals surface area (Å²) in [6, 6.07) is 7.41. The van der Waals surface area contributed by atoms with Crippen LogP contribution in [-0.4, -0.2) is 85.4 Å². The van der Waals surface area contributed by atoms with E-state index in [2.05, 4.69) is 10.6 Å². The number of nitrogens with one attached hydrogen (secondary N) is 2. The first-order chi connectivity index (χ1) is 20.0. The Bertz CT molecular complexity index is 1160. The first-order valence-corrected chi connectivity index (χ1v) is 15.4. The summed E-state index contributed by atoms with van der Waals surface area (Å²) in [7, 11) is 4.80. The lowest BCUT2D eigenvalue weighted by atomic mass is 9.76. The number of methoxy groups -OCH3 is 1. The molecule has 3 amide bonds. The second-order valence-corrected chi connectivity index (χ2v) is 13.7. The molecule has 1 aromatic rings. The SMILES string of the molecule is CN[C@H](C(=O)N[C@H](C(=O)N(C)[C@H](/C=C(\C)C(=O)N1CCCC[C@H]1C(=O)OC)C(C)C)C(C)(C)C)C(C)(C)c1ccccc1. The summed E-state index contributed by atoms with van der Waals surface area (Å²) in [6.45, 7) is 16.0. The maximum atomic E-state index is 14.1. The standard InChI is InChI=1S/C34H54N4O5/c1-22(2)26(21-23(3)30(40)38-20-16-15-19-25(38)32(42)43-11)37(10)31(41)28(33(4,5)6)36-29(39)27(35-9)34(7,8)24-17-13-12-14-18-24/h12-14,17-18,21-22,25-28,35H,15-16,19-20H2,1-11H3,(H,36,39)/b23-21+/t25-,26+,27+,28+/m0/s1. The molecule has 4 atom stereocenters. The summed E-state index contributed by atoms with van der Waals surface area (Å²) in [5.41, 5.74) is 0.335. The molecule has 2 N–H and O–H groups in total. The van der Waals surface area contributed by atoms with Gasteiger partial charge in [-0.1, -0.05) is 84.9 Å². The topological polar surface area (TPSA) is 108 Å². The van der Waals surface area contributed by atoms with Crippen LogP contribution in [0.5, 0.6) is 0 Å². The minimum Gasteiger partial charge on any atom is -0.467 e. The molecule has 0 bridgehead atoms. The fourth-order valence-electron chi connectivity index (χ4n) is 5.94. The Morgan fingerprint density at radius 2 is 1.63 bits per heavy atom. The number of hydrogen-bond acceptors (Lipinski definition) is 6. The first kappa shape index (κ1) is 36.0. The zero-order chi connectivity index (χ0) is 32.7. The molecular weight excluding hydrogens is 544 g/mol. The molecule has 1 saturated heterocycles. The molecule has 43 heavy (non-hydrogen) atoms. The highest BCUT2D eigenvalue weighted by Crippen LogP contribution is 2.29. The van der Waals surface area contributed by atoms with Gasteiger partial charge in [-0.15, -0.1) is 0 Å². The number of carbonyl (C=O) groups is 4. The van der Waals surface area contributed by atoms with Crippen LogP contribution in [0.2, 0.25) is 0 Å². The molecule has 9 nitrogen and oxygen atoms in total. The van der Waals surface area contributed by atoms with E-state index in [4.69, 9.17) is 4.74 Å². The molecule has 0 spiro atoms. The average molecular weight is 599 g/mol. The molecule has 0 saturated carbocycles. The molecule has 9 heteroatoms. The fourth-order valence-corrected chi connectivity index (χ4v) is 5.94. The van der Waals surface area contributed by atoms with Crippen LogP contribution >= 0.6 is 0 Å². The number of ether oxygens (including phenoxy) is 1. The van der Waals surface area contributed by atoms with Crippen LogP contribution in [-0.2, 0) is 29.3 Å². The number of esters is 1. The normalized spacial score (nSPS) is 18.5. The van der Waals surface area contributed by atoms with Gasteiger partial charge in [0.25, 0.3) is 0 Å². The van der Waals surface area contributed by atoms with Crippen molar-refractivity contribution >= 4 is 23.7 Å². The van der Waals surface area contributed by atoms with Crippen molar-refractivity contribution in [2.45, 2.75) is 104 Å². The van der Waals surface area contributed by atoms with Gasteiger partial charge in [0, 0.05) is 24.6 Å². The highest BCUT2D eigenvalue weighted by Gasteiger charge is 2.42. The van der Waals surface area contributed by atoms with E-state index in [0.29, 0.717) is 18.5 Å². The van der Waals surface area contributed by atoms with Crippen molar-refractivity contribution in [3.05, 3.63) is 47.5 Å². The predicted molar refractivity (Wildman–Crippen MR) is 170 cm³/mol. The van der Waals surface area contributed by atoms with Gasteiger partial charge in [-0.25, -0.2) is 4.79 Å². The minimum atomic E-state index is -0.816. The molecule has 0 unspecified atom stereocenters. The van der Waals surface area contributed by atoms with Gasteiger partial charge in [0.1, 0.15) is 12.1 Å². The summed E-state index contributed by atoms with van der Waals surface area (Å²) in [5.74, 6) is -1.17. The van der Waals surface area contributed by atoms with Crippen LogP contribution in [0.4, 0.5) is 0 Å². The molecule has 2 rings (SSSR count). The van der Waals surface area contributed by atoms with Crippen molar-refractivity contribution in [1.82, 2.24) is 20.4 Å². The Labute approximate surface area is 258 Å². The molecule has 1 fully saturated rings. The van der Waals surface area contributed by atoms with Crippen molar-refractivity contribution in [2.75, 3.05) is 27.7 Å². The van der Waals surface area contributed by atoms with E-state index in [-0.39, 0.29) is 23.6 Å². The summed E-state index contributed by atoms with van der Waals surface area (Å²) >= 11 is 0. The van der Waals surface area contributed by atoms with Gasteiger partial charge < -0.3 is 25.2 Å². The van der Waals surface area contributed by atoms with E-state index >= 15 is 0 Å². The largest absolute Gasteiger partial charge is 0.467 e. The van der Waals surface area contributed by atoms with Crippen molar-refractivity contribution in [1.29, 1.82) is 0 Å². The van der Waals surface area contributed by atoms with Crippen molar-refractivity contribution in [3.63, 3.8) is 0 Å². The Hall–Kier alpha value is -3.20. The van der Waals surface area contributed by atoms with Crippen LogP contribution in [0, 0.1) is 11.3 Å². The van der Waals surface area contributed by atoms with E-state index in [1.807, 2.05) is 84.9 Å². The molecule has 1 aromatic carbocycles. The number of likely N-dealkylation sites (tertiary alicyclic amines) is 1. The monoisotopic (exact) mass is 598 g/mol. The third-order valence-electron chi connectivity index (χ3n) is 8.66. The Kier molecular flexibility index (Phi) is 12.6. The zero-order valence-electron chi connectivity index (χ0n) is 28.1. The van der Waals surface area contributed by atoms with Gasteiger partial charge in [0.05, 0.1) is 19.2 Å². The predicted octanol–water partition coefficient (Wildman–Crippen LogP) is 4.07. The second kappa shape index (κ2) is 15.0. The van der Waals surface area contributed by atoms with Crippen LogP contribution in [0.3, 0.4) is 0 Å². The third kappa shape index (κ3) is 8.68. The summed E-state index contributed by atoms with van der Waals surface area (Å²) in [4.78, 5) is 57.0. The van der Waals surface area contributed by atoms with Gasteiger partial charge >= 0.3 is 5.97 Å². The summed E-state index contributed by atoms with van der Waals surface area (Å²) in [5, 5.41) is 6.24. The minimum absolute atomic E-state index is 0.0205. The Balaban J connectivity index is 2.35. The molecular formula is C34H54N4O5. The second-order valence-electron chi connectivity index (χ2n) is 13.7. The molecule has 1 aliphatic heterocycles. The first-order valence-electron chi connectivity index (χ1n) is 15.4. The molecule has 0 radical (unpaired) electrons. The van der Waals surface area contributed by atoms with Gasteiger partial charge in [-0.05, 0) is 50.1 Å². The third-order valence-corrected chi connectivity index (χ3v) is 8.66. The van der Waals surface area contributed by atoms with Gasteiger partial charge in [0.15, 0.2) is 0 Å². The van der Waals surface area contributed by atoms with E-state index < -0.39 is 41.0 Å². The quantitative estimate of drug-likeness (QED) is 0.294. The summed E-state index contributed by atoms with van der Waals surface area (Å²) in [6.07, 6.45) is 4.05. The summed E-state index contributed by atoms with van der Waals surface area (Å²) < 4.78 is 4.96. The number of carbonyl (C=O) groups excluding carboxylic acids is 4. The highest BCUT2D eigenvalue weighted by atomic mass is 16.5. The number of nitrogens with zero attached hydrogens (tertiary/aromatic N) is 2. The van der Waals surface area contributed by atoms with E-state index in [1.54, 1.807) is 30.8 Å². The van der Waals surface area contributed by atoms with Crippen LogP contribution in [0.15, 0.2) is 42.0 Å². The molecule has 1 aliphatic rings. The maximum absolute atomic E-state index is 14.1. The Morgan fingerprint density at radius 3 is 2.14 bits per heavy atom. The number of rotatable bonds is 11. The van der Waals surface area contributed by atoms with Crippen LogP contribution in [0.1, 0.15) is 80.2 Å². The van der Waals surface area contributed by atoms with Gasteiger partial charge in [0.2, 0.25) is 17.7 Å². The highest BCUT2D eigenvalue weighted by molar-refractivity contribution is 5.96. The lowest BCUT2D eigenvalue weighted by Crippen LogP contribution is -2.61. The zero-order valence-corrected chi connectivity index (χ0v) is 28.1. The van der Waals surface area contributed by atoms with E-state index in [0.717, 1.165) is 18.4 Å². The van der Waals surface area contributed by atoms with Crippen molar-refractivity contribution < 1.29 is 23.9 Å². The number of likely N-dealkylation sites (N-methyl/N-ethyl adjacent to an activating group) is 2. The maximum Gasteiger partial charge on any atom is 0.328 e. The van der Waals surface area contributed by atoms with E-state index in [9.17, 15) is 19.2 Å². The van der Waals surface area contributed by atoms with Crippen molar-refractivity contribution in [2.24, 2.45) is 11.3 Å². The average Bonchev–Trinajstić information content (AvgIpc) is 2.96. The van der Waals surface area contributed by atoms with Crippen LogP contribution in [0.25, 0.3) is 0 Å². The fraction of sp³-hybridized carbons (Fsp3) is 0.647. The molecule has 1 heterocycles. The molecule has 0 aliphatic carbocycles. The Morgan fingerprint density at radius 1 is 1.02 bits per heavy atom. The van der Waals surface area contributed by atoms with Gasteiger partial charge in [-0.3, -0.25) is 14.4 Å². The van der Waals surface area contributed by atoms with E-state index in [1.165, 1.54) is 7.11 Å². The van der Waals surface area contributed by atoms with Crippen LogP contribution < -0.4 is 10.6 Å². The lowest BCUT2D eigenvalue weighted by Gasteiger charge is -2.40. The number of benzene rings is 1. The number of amides is 3. The van der Waals surface area contributed by atoms with Gasteiger partial charge in [-0.2, -0.15) is 0 Å². The molecule has 0 aromatic heterocycles. The molecule has 240 valence electrons. The lowest BCUT2D eigenvalue weighted by molar-refractivity contribution is -0.153. The number of hydrogen-bond donors (Lipinski definition) is 2. The van der Waals surface area contributed by atoms with Crippen molar-refractivity contribution in [3.8, 4) is 0 Å².